The molecule has 0 atom stereocenters. The summed E-state index contributed by atoms with van der Waals surface area (Å²) in [6, 6.07) is 6.31. The molecule has 0 unspecified atom stereocenters. The highest BCUT2D eigenvalue weighted by Gasteiger charge is 2.52. The first-order valence-corrected chi connectivity index (χ1v) is 10.1. The quantitative estimate of drug-likeness (QED) is 0.570. The van der Waals surface area contributed by atoms with Crippen LogP contribution in [0.4, 0.5) is 4.79 Å². The van der Waals surface area contributed by atoms with Crippen LogP contribution < -0.4 is 5.32 Å². The second-order valence-corrected chi connectivity index (χ2v) is 8.20. The van der Waals surface area contributed by atoms with Crippen molar-refractivity contribution in [3.05, 3.63) is 35.2 Å². The number of rotatable bonds is 5. The summed E-state index contributed by atoms with van der Waals surface area (Å²) in [7, 11) is 0. The van der Waals surface area contributed by atoms with E-state index in [0.717, 1.165) is 17.7 Å². The van der Waals surface area contributed by atoms with E-state index < -0.39 is 24.1 Å². The molecule has 2 aliphatic rings. The number of ether oxygens (including phenoxy) is 1. The fourth-order valence-corrected chi connectivity index (χ4v) is 3.89. The Hall–Kier alpha value is -2.94. The van der Waals surface area contributed by atoms with Gasteiger partial charge in [-0.3, -0.25) is 14.5 Å². The molecule has 1 saturated carbocycles. The predicted molar refractivity (Wildman–Crippen MR) is 105 cm³/mol. The molecule has 1 N–H and O–H groups in total. The smallest absolute Gasteiger partial charge is 0.326 e. The van der Waals surface area contributed by atoms with Gasteiger partial charge >= 0.3 is 12.0 Å². The van der Waals surface area contributed by atoms with E-state index in [-0.39, 0.29) is 18.4 Å². The molecule has 30 heavy (non-hydrogen) atoms. The van der Waals surface area contributed by atoms with Gasteiger partial charge in [-0.05, 0) is 55.9 Å². The standard InChI is InChI=1S/C20H21ClN4O5/c1-12-6-8-20(9-7-12)18(27)25(19(28)23-20)10-16(26)29-11-15-22-17(24-30-15)13-2-4-14(21)5-3-13/h2-5,12H,6-11H2,1H3,(H,23,28). The lowest BCUT2D eigenvalue weighted by Crippen LogP contribution is -2.49. The van der Waals surface area contributed by atoms with E-state index in [1.165, 1.54) is 0 Å². The molecule has 4 rings (SSSR count). The first-order valence-electron chi connectivity index (χ1n) is 9.74. The molecule has 0 radical (unpaired) electrons. The summed E-state index contributed by atoms with van der Waals surface area (Å²) in [5, 5.41) is 7.19. The molecule has 1 aromatic carbocycles. The first-order chi connectivity index (χ1) is 14.4. The molecule has 1 aliphatic heterocycles. The number of urea groups is 1. The van der Waals surface area contributed by atoms with Crippen LogP contribution in [-0.4, -0.2) is 45.0 Å². The number of imide groups is 1. The topological polar surface area (TPSA) is 115 Å². The Morgan fingerprint density at radius 3 is 2.70 bits per heavy atom. The van der Waals surface area contributed by atoms with Gasteiger partial charge in [-0.15, -0.1) is 0 Å². The Bertz CT molecular complexity index is 966. The van der Waals surface area contributed by atoms with Crippen molar-refractivity contribution in [2.75, 3.05) is 6.54 Å². The Balaban J connectivity index is 1.32. The number of esters is 1. The van der Waals surface area contributed by atoms with Gasteiger partial charge in [-0.1, -0.05) is 23.7 Å². The van der Waals surface area contributed by atoms with Crippen LogP contribution in [0.25, 0.3) is 11.4 Å². The van der Waals surface area contributed by atoms with Crippen LogP contribution >= 0.6 is 11.6 Å². The first kappa shape index (κ1) is 20.3. The van der Waals surface area contributed by atoms with Gasteiger partial charge in [0.1, 0.15) is 12.1 Å². The van der Waals surface area contributed by atoms with Gasteiger partial charge in [-0.25, -0.2) is 4.79 Å². The second-order valence-electron chi connectivity index (χ2n) is 7.77. The Morgan fingerprint density at radius 1 is 1.30 bits per heavy atom. The highest BCUT2D eigenvalue weighted by Crippen LogP contribution is 2.36. The second kappa shape index (κ2) is 8.06. The van der Waals surface area contributed by atoms with Crippen LogP contribution in [0.2, 0.25) is 5.02 Å². The van der Waals surface area contributed by atoms with E-state index >= 15 is 0 Å². The normalized spacial score (nSPS) is 23.7. The van der Waals surface area contributed by atoms with Gasteiger partial charge < -0.3 is 14.6 Å². The molecular formula is C20H21ClN4O5. The lowest BCUT2D eigenvalue weighted by Gasteiger charge is -2.33. The summed E-state index contributed by atoms with van der Waals surface area (Å²) < 4.78 is 10.2. The lowest BCUT2D eigenvalue weighted by atomic mass is 9.77. The van der Waals surface area contributed by atoms with Crippen LogP contribution in [0, 0.1) is 5.92 Å². The van der Waals surface area contributed by atoms with Crippen molar-refractivity contribution in [1.29, 1.82) is 0 Å². The fraction of sp³-hybridized carbons (Fsp3) is 0.450. The third kappa shape index (κ3) is 4.02. The Kier molecular flexibility index (Phi) is 5.46. The van der Waals surface area contributed by atoms with Crippen molar-refractivity contribution < 1.29 is 23.6 Å². The van der Waals surface area contributed by atoms with Gasteiger partial charge in [-0.2, -0.15) is 4.98 Å². The highest BCUT2D eigenvalue weighted by atomic mass is 35.5. The van der Waals surface area contributed by atoms with Crippen molar-refractivity contribution in [1.82, 2.24) is 20.4 Å². The SMILES string of the molecule is CC1CCC2(CC1)NC(=O)N(CC(=O)OCc1nc(-c3ccc(Cl)cc3)no1)C2=O. The number of hydrogen-bond donors (Lipinski definition) is 1. The van der Waals surface area contributed by atoms with Crippen molar-refractivity contribution in [2.24, 2.45) is 5.92 Å². The maximum atomic E-state index is 12.8. The van der Waals surface area contributed by atoms with E-state index in [9.17, 15) is 14.4 Å². The number of carbonyl (C=O) groups excluding carboxylic acids is 3. The molecule has 2 fully saturated rings. The highest BCUT2D eigenvalue weighted by molar-refractivity contribution is 6.30. The Labute approximate surface area is 177 Å². The molecule has 2 heterocycles. The summed E-state index contributed by atoms with van der Waals surface area (Å²) in [6.45, 7) is 1.41. The van der Waals surface area contributed by atoms with Gasteiger partial charge in [0.2, 0.25) is 5.82 Å². The lowest BCUT2D eigenvalue weighted by molar-refractivity contribution is -0.149. The molecule has 0 bridgehead atoms. The predicted octanol–water partition coefficient (Wildman–Crippen LogP) is 2.93. The molecule has 10 heteroatoms. The summed E-state index contributed by atoms with van der Waals surface area (Å²) >= 11 is 5.86. The zero-order chi connectivity index (χ0) is 21.3. The number of amides is 3. The van der Waals surface area contributed by atoms with Gasteiger partial charge in [0.15, 0.2) is 6.61 Å². The minimum absolute atomic E-state index is 0.100. The molecular weight excluding hydrogens is 412 g/mol. The number of carbonyl (C=O) groups is 3. The largest absolute Gasteiger partial charge is 0.454 e. The van der Waals surface area contributed by atoms with E-state index in [1.807, 2.05) is 0 Å². The molecule has 3 amide bonds. The summed E-state index contributed by atoms with van der Waals surface area (Å²) in [6.07, 6.45) is 2.88. The number of benzene rings is 1. The summed E-state index contributed by atoms with van der Waals surface area (Å²) in [5.74, 6) is -0.139. The number of nitrogens with zero attached hydrogens (tertiary/aromatic N) is 3. The third-order valence-electron chi connectivity index (χ3n) is 5.59. The van der Waals surface area contributed by atoms with E-state index in [2.05, 4.69) is 22.4 Å². The van der Waals surface area contributed by atoms with Gasteiger partial charge in [0.25, 0.3) is 11.8 Å². The van der Waals surface area contributed by atoms with Crippen LogP contribution in [0.1, 0.15) is 38.5 Å². The molecule has 1 saturated heterocycles. The minimum Gasteiger partial charge on any atom is -0.454 e. The molecule has 158 valence electrons. The van der Waals surface area contributed by atoms with Crippen molar-refractivity contribution >= 4 is 29.5 Å². The van der Waals surface area contributed by atoms with Crippen molar-refractivity contribution in [3.63, 3.8) is 0 Å². The monoisotopic (exact) mass is 432 g/mol. The third-order valence-corrected chi connectivity index (χ3v) is 5.84. The number of halogens is 1. The fourth-order valence-electron chi connectivity index (χ4n) is 3.76. The Morgan fingerprint density at radius 2 is 2.00 bits per heavy atom. The van der Waals surface area contributed by atoms with Crippen molar-refractivity contribution in [3.8, 4) is 11.4 Å². The molecule has 9 nitrogen and oxygen atoms in total. The van der Waals surface area contributed by atoms with Gasteiger partial charge in [0, 0.05) is 10.6 Å². The van der Waals surface area contributed by atoms with E-state index in [1.54, 1.807) is 24.3 Å². The van der Waals surface area contributed by atoms with Crippen LogP contribution in [0.15, 0.2) is 28.8 Å². The van der Waals surface area contributed by atoms with Gasteiger partial charge in [0.05, 0.1) is 0 Å². The molecule has 1 aliphatic carbocycles. The summed E-state index contributed by atoms with van der Waals surface area (Å²) in [5.41, 5.74) is -0.184. The van der Waals surface area contributed by atoms with E-state index in [0.29, 0.717) is 35.2 Å². The summed E-state index contributed by atoms with van der Waals surface area (Å²) in [4.78, 5) is 42.3. The number of hydrogen-bond acceptors (Lipinski definition) is 7. The number of aromatic nitrogens is 2. The zero-order valence-electron chi connectivity index (χ0n) is 16.4. The van der Waals surface area contributed by atoms with Crippen LogP contribution in [-0.2, 0) is 20.9 Å². The zero-order valence-corrected chi connectivity index (χ0v) is 17.1. The van der Waals surface area contributed by atoms with Crippen LogP contribution in [0.5, 0.6) is 0 Å². The molecule has 1 spiro atoms. The maximum Gasteiger partial charge on any atom is 0.326 e. The average Bonchev–Trinajstić information content (AvgIpc) is 3.29. The minimum atomic E-state index is -0.885. The molecule has 1 aromatic heterocycles. The van der Waals surface area contributed by atoms with E-state index in [4.69, 9.17) is 20.9 Å². The van der Waals surface area contributed by atoms with Crippen molar-refractivity contribution in [2.45, 2.75) is 44.8 Å². The maximum absolute atomic E-state index is 12.8. The molecule has 2 aromatic rings. The number of nitrogens with one attached hydrogen (secondary N) is 1. The van der Waals surface area contributed by atoms with Crippen LogP contribution in [0.3, 0.4) is 0 Å². The average molecular weight is 433 g/mol.